The van der Waals surface area contributed by atoms with Gasteiger partial charge in [0.15, 0.2) is 0 Å². The molecule has 4 nitrogen and oxygen atoms in total. The van der Waals surface area contributed by atoms with Crippen molar-refractivity contribution in [3.8, 4) is 0 Å². The summed E-state index contributed by atoms with van der Waals surface area (Å²) in [6.45, 7) is 3.88. The Kier molecular flexibility index (Phi) is 3.70. The third-order valence-electron chi connectivity index (χ3n) is 2.15. The normalized spacial score (nSPS) is 11.0. The summed E-state index contributed by atoms with van der Waals surface area (Å²) in [5.74, 6) is 0. The Morgan fingerprint density at radius 2 is 1.94 bits per heavy atom. The fourth-order valence-electron chi connectivity index (χ4n) is 1.22. The van der Waals surface area contributed by atoms with Crippen LogP contribution < -0.4 is 5.32 Å². The molecule has 1 aromatic rings. The van der Waals surface area contributed by atoms with Crippen molar-refractivity contribution in [3.63, 3.8) is 0 Å². The minimum absolute atomic E-state index is 0.566. The maximum atomic E-state index is 11.4. The number of nitrogens with zero attached hydrogens (tertiary/aromatic N) is 1. The second kappa shape index (κ2) is 4.65. The van der Waals surface area contributed by atoms with Crippen LogP contribution in [0.5, 0.6) is 0 Å². The first kappa shape index (κ1) is 12.7. The summed E-state index contributed by atoms with van der Waals surface area (Å²) in [7, 11) is -2.40. The van der Waals surface area contributed by atoms with Gasteiger partial charge in [-0.1, -0.05) is 12.1 Å². The van der Waals surface area contributed by atoms with Crippen molar-refractivity contribution in [1.82, 2.24) is 0 Å². The van der Waals surface area contributed by atoms with Gasteiger partial charge in [-0.05, 0) is 31.0 Å². The second-order valence-electron chi connectivity index (χ2n) is 3.95. The van der Waals surface area contributed by atoms with E-state index >= 15 is 0 Å². The molecule has 0 saturated carbocycles. The molecule has 5 heteroatoms. The summed E-state index contributed by atoms with van der Waals surface area (Å²) >= 11 is 0. The van der Waals surface area contributed by atoms with Crippen LogP contribution in [0.3, 0.4) is 0 Å². The monoisotopic (exact) mass is 240 g/mol. The standard InChI is InChI=1S/C11H16N2O2S/c1-8-6-5-7-10(9(8)2)12-11(14)13-16(3,4)15/h5-7H,1-4H3,(H,12,14). The van der Waals surface area contributed by atoms with Gasteiger partial charge in [-0.25, -0.2) is 9.00 Å². The molecule has 0 aromatic heterocycles. The van der Waals surface area contributed by atoms with Crippen LogP contribution in [0.2, 0.25) is 0 Å². The van der Waals surface area contributed by atoms with Crippen molar-refractivity contribution in [2.45, 2.75) is 13.8 Å². The molecule has 0 saturated heterocycles. The Labute approximate surface area is 96.2 Å². The highest BCUT2D eigenvalue weighted by Crippen LogP contribution is 2.18. The lowest BCUT2D eigenvalue weighted by Gasteiger charge is -2.08. The van der Waals surface area contributed by atoms with Crippen LogP contribution >= 0.6 is 0 Å². The fraction of sp³-hybridized carbons (Fsp3) is 0.364. The number of hydrogen-bond acceptors (Lipinski definition) is 2. The summed E-state index contributed by atoms with van der Waals surface area (Å²) in [5.41, 5.74) is 2.79. The number of nitrogens with one attached hydrogen (secondary N) is 1. The smallest absolute Gasteiger partial charge is 0.305 e. The first-order valence-corrected chi connectivity index (χ1v) is 7.17. The number of anilines is 1. The molecule has 0 bridgehead atoms. The lowest BCUT2D eigenvalue weighted by Crippen LogP contribution is -2.10. The maximum absolute atomic E-state index is 11.4. The number of carbonyl (C=O) groups is 1. The van der Waals surface area contributed by atoms with Crippen molar-refractivity contribution < 1.29 is 9.00 Å². The van der Waals surface area contributed by atoms with Crippen LogP contribution in [0.25, 0.3) is 0 Å². The molecule has 0 unspecified atom stereocenters. The molecular weight excluding hydrogens is 224 g/mol. The molecule has 2 amide bonds. The van der Waals surface area contributed by atoms with E-state index in [2.05, 4.69) is 9.68 Å². The molecule has 1 N–H and O–H groups in total. The first-order chi connectivity index (χ1) is 7.29. The molecule has 1 rings (SSSR count). The number of rotatable bonds is 1. The summed E-state index contributed by atoms with van der Waals surface area (Å²) in [4.78, 5) is 11.4. The number of carbonyl (C=O) groups excluding carboxylic acids is 1. The number of benzene rings is 1. The van der Waals surface area contributed by atoms with Crippen molar-refractivity contribution >= 4 is 21.4 Å². The zero-order chi connectivity index (χ0) is 12.3. The Balaban J connectivity index is 2.95. The highest BCUT2D eigenvalue weighted by molar-refractivity contribution is 7.92. The van der Waals surface area contributed by atoms with Crippen molar-refractivity contribution in [2.24, 2.45) is 4.36 Å². The number of amides is 2. The molecule has 0 radical (unpaired) electrons. The zero-order valence-corrected chi connectivity index (χ0v) is 10.7. The van der Waals surface area contributed by atoms with Crippen LogP contribution in [0.1, 0.15) is 11.1 Å². The quantitative estimate of drug-likeness (QED) is 0.820. The third-order valence-corrected chi connectivity index (χ3v) is 2.75. The molecule has 0 heterocycles. The van der Waals surface area contributed by atoms with E-state index in [9.17, 15) is 9.00 Å². The van der Waals surface area contributed by atoms with Gasteiger partial charge in [-0.2, -0.15) is 0 Å². The van der Waals surface area contributed by atoms with E-state index in [0.29, 0.717) is 5.69 Å². The molecule has 0 atom stereocenters. The molecular formula is C11H16N2O2S. The van der Waals surface area contributed by atoms with Gasteiger partial charge in [-0.15, -0.1) is 4.36 Å². The van der Waals surface area contributed by atoms with Crippen LogP contribution in [0.4, 0.5) is 10.5 Å². The molecule has 0 aliphatic heterocycles. The van der Waals surface area contributed by atoms with Crippen molar-refractivity contribution in [2.75, 3.05) is 17.8 Å². The van der Waals surface area contributed by atoms with E-state index in [4.69, 9.17) is 0 Å². The first-order valence-electron chi connectivity index (χ1n) is 4.84. The molecule has 0 aliphatic carbocycles. The van der Waals surface area contributed by atoms with Crippen LogP contribution in [-0.2, 0) is 9.73 Å². The largest absolute Gasteiger partial charge is 0.353 e. The van der Waals surface area contributed by atoms with Gasteiger partial charge in [0.05, 0.1) is 9.73 Å². The zero-order valence-electron chi connectivity index (χ0n) is 9.90. The van der Waals surface area contributed by atoms with E-state index in [1.807, 2.05) is 26.0 Å². The summed E-state index contributed by atoms with van der Waals surface area (Å²) in [5, 5.41) is 2.62. The predicted octanol–water partition coefficient (Wildman–Crippen LogP) is 2.56. The maximum Gasteiger partial charge on any atom is 0.353 e. The number of aryl methyl sites for hydroxylation is 1. The van der Waals surface area contributed by atoms with Gasteiger partial charge >= 0.3 is 6.03 Å². The minimum atomic E-state index is -2.40. The van der Waals surface area contributed by atoms with E-state index in [1.165, 1.54) is 12.5 Å². The lowest BCUT2D eigenvalue weighted by atomic mass is 10.1. The van der Waals surface area contributed by atoms with E-state index in [-0.39, 0.29) is 0 Å². The van der Waals surface area contributed by atoms with E-state index < -0.39 is 15.8 Å². The number of urea groups is 1. The van der Waals surface area contributed by atoms with Crippen LogP contribution in [0.15, 0.2) is 22.6 Å². The predicted molar refractivity (Wildman–Crippen MR) is 67.4 cm³/mol. The van der Waals surface area contributed by atoms with Gasteiger partial charge in [0, 0.05) is 18.2 Å². The number of hydrogen-bond donors (Lipinski definition) is 1. The van der Waals surface area contributed by atoms with E-state index in [0.717, 1.165) is 11.1 Å². The minimum Gasteiger partial charge on any atom is -0.305 e. The Bertz CT molecular complexity index is 521. The second-order valence-corrected chi connectivity index (χ2v) is 6.50. The average molecular weight is 240 g/mol. The van der Waals surface area contributed by atoms with Gasteiger partial charge < -0.3 is 5.32 Å². The van der Waals surface area contributed by atoms with Gasteiger partial charge in [0.1, 0.15) is 0 Å². The van der Waals surface area contributed by atoms with E-state index in [1.54, 1.807) is 6.07 Å². The molecule has 0 aliphatic rings. The van der Waals surface area contributed by atoms with Gasteiger partial charge in [0.25, 0.3) is 0 Å². The SMILES string of the molecule is Cc1cccc(NC(=O)N=S(C)(C)=O)c1C. The summed E-state index contributed by atoms with van der Waals surface area (Å²) in [6.07, 6.45) is 2.85. The average Bonchev–Trinajstić information content (AvgIpc) is 2.09. The highest BCUT2D eigenvalue weighted by Gasteiger charge is 2.05. The molecule has 1 aromatic carbocycles. The third kappa shape index (κ3) is 3.66. The van der Waals surface area contributed by atoms with Gasteiger partial charge in [-0.3, -0.25) is 0 Å². The lowest BCUT2D eigenvalue weighted by molar-refractivity contribution is 0.260. The Hall–Kier alpha value is -1.36. The highest BCUT2D eigenvalue weighted by atomic mass is 32.2. The van der Waals surface area contributed by atoms with Crippen molar-refractivity contribution in [1.29, 1.82) is 0 Å². The molecule has 0 spiro atoms. The summed E-state index contributed by atoms with van der Waals surface area (Å²) in [6, 6.07) is 5.05. The molecule has 16 heavy (non-hydrogen) atoms. The van der Waals surface area contributed by atoms with Crippen LogP contribution in [-0.4, -0.2) is 22.8 Å². The molecule has 88 valence electrons. The van der Waals surface area contributed by atoms with Gasteiger partial charge in [0.2, 0.25) is 0 Å². The Morgan fingerprint density at radius 3 is 2.50 bits per heavy atom. The van der Waals surface area contributed by atoms with Crippen molar-refractivity contribution in [3.05, 3.63) is 29.3 Å². The topological polar surface area (TPSA) is 58.5 Å². The Morgan fingerprint density at radius 1 is 1.31 bits per heavy atom. The molecule has 0 fully saturated rings. The fourth-order valence-corrected chi connectivity index (χ4v) is 1.67. The summed E-state index contributed by atoms with van der Waals surface area (Å²) < 4.78 is 14.9. The van der Waals surface area contributed by atoms with Crippen LogP contribution in [0, 0.1) is 13.8 Å².